The molecule has 0 unspecified atom stereocenters. The molecule has 0 spiro atoms. The van der Waals surface area contributed by atoms with Gasteiger partial charge in [-0.3, -0.25) is 0 Å². The number of aryl methyl sites for hydroxylation is 1. The molecule has 0 atom stereocenters. The first-order valence-electron chi connectivity index (χ1n) is 9.50. The minimum atomic E-state index is 0.802. The van der Waals surface area contributed by atoms with Crippen LogP contribution in [0.1, 0.15) is 5.56 Å². The van der Waals surface area contributed by atoms with Gasteiger partial charge in [0.2, 0.25) is 0 Å². The first-order chi connectivity index (χ1) is 14.2. The molecule has 3 nitrogen and oxygen atoms in total. The molecule has 4 aromatic rings. The number of methoxy groups -OCH3 is 2. The molecule has 0 N–H and O–H groups in total. The zero-order valence-corrected chi connectivity index (χ0v) is 16.8. The maximum Gasteiger partial charge on any atom is 0.361 e. The fourth-order valence-corrected chi connectivity index (χ4v) is 3.21. The van der Waals surface area contributed by atoms with Crippen molar-refractivity contribution in [3.8, 4) is 45.3 Å². The van der Waals surface area contributed by atoms with Gasteiger partial charge >= 0.3 is 11.5 Å². The van der Waals surface area contributed by atoms with Crippen molar-refractivity contribution in [2.75, 3.05) is 14.2 Å². The molecule has 0 aliphatic rings. The maximum atomic E-state index is 6.30. The summed E-state index contributed by atoms with van der Waals surface area (Å²) in [4.78, 5) is 0. The van der Waals surface area contributed by atoms with Gasteiger partial charge in [-0.05, 0) is 61.0 Å². The number of rotatable bonds is 5. The van der Waals surface area contributed by atoms with Crippen molar-refractivity contribution >= 4 is 0 Å². The number of hydrogen-bond donors (Lipinski definition) is 0. The average molecular weight is 383 g/mol. The Kier molecular flexibility index (Phi) is 5.30. The molecular formula is C26H23O3+. The van der Waals surface area contributed by atoms with Gasteiger partial charge in [-0.25, -0.2) is 4.42 Å². The van der Waals surface area contributed by atoms with E-state index in [1.165, 1.54) is 5.56 Å². The van der Waals surface area contributed by atoms with Gasteiger partial charge in [0.05, 0.1) is 37.5 Å². The van der Waals surface area contributed by atoms with Crippen molar-refractivity contribution in [3.63, 3.8) is 0 Å². The molecule has 1 heterocycles. The third-order valence-electron chi connectivity index (χ3n) is 4.93. The molecule has 3 heteroatoms. The lowest BCUT2D eigenvalue weighted by Gasteiger charge is -2.04. The van der Waals surface area contributed by atoms with Gasteiger partial charge in [-0.2, -0.15) is 0 Å². The topological polar surface area (TPSA) is 29.8 Å². The van der Waals surface area contributed by atoms with Crippen molar-refractivity contribution in [1.82, 2.24) is 0 Å². The Balaban J connectivity index is 1.84. The van der Waals surface area contributed by atoms with E-state index in [4.69, 9.17) is 13.9 Å². The van der Waals surface area contributed by atoms with Crippen LogP contribution in [0.2, 0.25) is 0 Å². The van der Waals surface area contributed by atoms with Crippen LogP contribution < -0.4 is 9.47 Å². The summed E-state index contributed by atoms with van der Waals surface area (Å²) in [6.45, 7) is 2.09. The monoisotopic (exact) mass is 383 g/mol. The van der Waals surface area contributed by atoms with E-state index in [-0.39, 0.29) is 0 Å². The van der Waals surface area contributed by atoms with Crippen LogP contribution in [0.25, 0.3) is 33.8 Å². The van der Waals surface area contributed by atoms with Crippen LogP contribution in [0, 0.1) is 6.92 Å². The Bertz CT molecular complexity index is 1030. The lowest BCUT2D eigenvalue weighted by Crippen LogP contribution is -1.88. The lowest BCUT2D eigenvalue weighted by atomic mass is 10.0. The highest BCUT2D eigenvalue weighted by Crippen LogP contribution is 2.34. The van der Waals surface area contributed by atoms with E-state index in [1.54, 1.807) is 14.2 Å². The van der Waals surface area contributed by atoms with Crippen molar-refractivity contribution in [3.05, 3.63) is 90.5 Å². The number of hydrogen-bond acceptors (Lipinski definition) is 2. The molecule has 0 fully saturated rings. The van der Waals surface area contributed by atoms with E-state index >= 15 is 0 Å². The summed E-state index contributed by atoms with van der Waals surface area (Å²) < 4.78 is 16.9. The third-order valence-corrected chi connectivity index (χ3v) is 4.93. The Hall–Kier alpha value is -3.59. The molecule has 0 saturated heterocycles. The predicted octanol–water partition coefficient (Wildman–Crippen LogP) is 6.89. The fraction of sp³-hybridized carbons (Fsp3) is 0.115. The van der Waals surface area contributed by atoms with Crippen LogP contribution in [0.15, 0.2) is 89.3 Å². The molecule has 0 aliphatic heterocycles. The highest BCUT2D eigenvalue weighted by Gasteiger charge is 2.20. The first-order valence-corrected chi connectivity index (χ1v) is 9.50. The van der Waals surface area contributed by atoms with Crippen molar-refractivity contribution < 1.29 is 13.9 Å². The van der Waals surface area contributed by atoms with Crippen LogP contribution in [-0.4, -0.2) is 14.2 Å². The molecule has 1 aromatic heterocycles. The maximum absolute atomic E-state index is 6.30. The van der Waals surface area contributed by atoms with Crippen LogP contribution in [0.5, 0.6) is 11.5 Å². The summed E-state index contributed by atoms with van der Waals surface area (Å²) in [7, 11) is 3.33. The molecule has 0 aliphatic carbocycles. The van der Waals surface area contributed by atoms with Gasteiger partial charge in [0.15, 0.2) is 0 Å². The Morgan fingerprint density at radius 3 is 1.34 bits per heavy atom. The molecule has 144 valence electrons. The lowest BCUT2D eigenvalue weighted by molar-refractivity contribution is 0.415. The van der Waals surface area contributed by atoms with E-state index in [2.05, 4.69) is 43.3 Å². The van der Waals surface area contributed by atoms with Crippen molar-refractivity contribution in [1.29, 1.82) is 0 Å². The summed E-state index contributed by atoms with van der Waals surface area (Å²) in [5.41, 5.74) is 5.48. The minimum absolute atomic E-state index is 0.802. The molecule has 4 rings (SSSR count). The normalized spacial score (nSPS) is 10.6. The van der Waals surface area contributed by atoms with Gasteiger partial charge in [-0.15, -0.1) is 0 Å². The zero-order valence-electron chi connectivity index (χ0n) is 16.8. The average Bonchev–Trinajstić information content (AvgIpc) is 2.79. The predicted molar refractivity (Wildman–Crippen MR) is 117 cm³/mol. The summed E-state index contributed by atoms with van der Waals surface area (Å²) in [6.07, 6.45) is 0. The molecule has 0 saturated carbocycles. The van der Waals surface area contributed by atoms with E-state index in [0.29, 0.717) is 0 Å². The molecule has 3 aromatic carbocycles. The largest absolute Gasteiger partial charge is 0.497 e. The van der Waals surface area contributed by atoms with Gasteiger partial charge in [0.25, 0.3) is 0 Å². The highest BCUT2D eigenvalue weighted by atomic mass is 16.5. The van der Waals surface area contributed by atoms with Gasteiger partial charge < -0.3 is 9.47 Å². The Morgan fingerprint density at radius 2 is 0.931 bits per heavy atom. The van der Waals surface area contributed by atoms with E-state index in [1.807, 2.05) is 48.5 Å². The summed E-state index contributed by atoms with van der Waals surface area (Å²) in [6, 6.07) is 28.5. The molecule has 0 radical (unpaired) electrons. The molecule has 0 amide bonds. The van der Waals surface area contributed by atoms with Crippen LogP contribution in [-0.2, 0) is 0 Å². The van der Waals surface area contributed by atoms with Gasteiger partial charge in [0.1, 0.15) is 11.5 Å². The Labute approximate surface area is 171 Å². The summed E-state index contributed by atoms with van der Waals surface area (Å²) >= 11 is 0. The smallest absolute Gasteiger partial charge is 0.361 e. The highest BCUT2D eigenvalue weighted by molar-refractivity contribution is 5.75. The fourth-order valence-electron chi connectivity index (χ4n) is 3.21. The van der Waals surface area contributed by atoms with E-state index < -0.39 is 0 Å². The van der Waals surface area contributed by atoms with Crippen molar-refractivity contribution in [2.24, 2.45) is 0 Å². The molecule has 0 bridgehead atoms. The van der Waals surface area contributed by atoms with E-state index in [9.17, 15) is 0 Å². The number of ether oxygens (including phenoxy) is 2. The minimum Gasteiger partial charge on any atom is -0.497 e. The van der Waals surface area contributed by atoms with Crippen LogP contribution in [0.3, 0.4) is 0 Å². The first kappa shape index (κ1) is 18.8. The Morgan fingerprint density at radius 1 is 0.517 bits per heavy atom. The SMILES string of the molecule is COc1ccc(-c2cc(-c3ccc(C)cc3)cc(-c3ccc(OC)cc3)[o+]2)cc1. The van der Waals surface area contributed by atoms with Gasteiger partial charge in [-0.1, -0.05) is 29.8 Å². The number of benzene rings is 3. The van der Waals surface area contributed by atoms with E-state index in [0.717, 1.165) is 45.3 Å². The van der Waals surface area contributed by atoms with Crippen LogP contribution in [0.4, 0.5) is 0 Å². The second kappa shape index (κ2) is 8.19. The summed E-state index contributed by atoms with van der Waals surface area (Å²) in [5.74, 6) is 3.24. The van der Waals surface area contributed by atoms with Crippen LogP contribution >= 0.6 is 0 Å². The molecule has 29 heavy (non-hydrogen) atoms. The second-order valence-corrected chi connectivity index (χ2v) is 6.90. The second-order valence-electron chi connectivity index (χ2n) is 6.90. The zero-order chi connectivity index (χ0) is 20.2. The van der Waals surface area contributed by atoms with Gasteiger partial charge in [0, 0.05) is 5.56 Å². The van der Waals surface area contributed by atoms with Crippen molar-refractivity contribution in [2.45, 2.75) is 6.92 Å². The standard InChI is InChI=1S/C26H23O3/c1-18-4-6-19(7-5-18)22-16-25(20-8-12-23(27-2)13-9-20)29-26(17-22)21-10-14-24(28-3)15-11-21/h4-17H,1-3H3/q+1. The third kappa shape index (κ3) is 4.14. The quantitative estimate of drug-likeness (QED) is 0.352. The summed E-state index contributed by atoms with van der Waals surface area (Å²) in [5, 5.41) is 0. The molecular weight excluding hydrogens is 360 g/mol.